The quantitative estimate of drug-likeness (QED) is 0.906. The second-order valence-electron chi connectivity index (χ2n) is 4.07. The number of hydrogen-bond acceptors (Lipinski definition) is 3. The third kappa shape index (κ3) is 2.65. The maximum absolute atomic E-state index is 13.3. The minimum absolute atomic E-state index is 0.369. The Bertz CT molecular complexity index is 537. The molecule has 2 rings (SSSR count). The summed E-state index contributed by atoms with van der Waals surface area (Å²) in [5, 5.41) is 10.2. The third-order valence-electron chi connectivity index (χ3n) is 2.61. The summed E-state index contributed by atoms with van der Waals surface area (Å²) in [5.41, 5.74) is 1.67. The van der Waals surface area contributed by atoms with Gasteiger partial charge in [0.2, 0.25) is 5.88 Å². The SMILES string of the molecule is COc1cccc(C(O)c2cc(C)cc(F)c2)n1. The lowest BCUT2D eigenvalue weighted by Gasteiger charge is -2.12. The Hall–Kier alpha value is -1.94. The first-order valence-electron chi connectivity index (χ1n) is 5.56. The Morgan fingerprint density at radius 2 is 2.06 bits per heavy atom. The minimum Gasteiger partial charge on any atom is -0.481 e. The number of benzene rings is 1. The summed E-state index contributed by atoms with van der Waals surface area (Å²) in [4.78, 5) is 4.13. The maximum atomic E-state index is 13.3. The number of ether oxygens (including phenoxy) is 1. The smallest absolute Gasteiger partial charge is 0.213 e. The van der Waals surface area contributed by atoms with Gasteiger partial charge in [0, 0.05) is 6.07 Å². The van der Waals surface area contributed by atoms with Crippen molar-refractivity contribution < 1.29 is 14.2 Å². The van der Waals surface area contributed by atoms with Crippen molar-refractivity contribution in [2.75, 3.05) is 7.11 Å². The predicted octanol–water partition coefficient (Wildman–Crippen LogP) is 2.62. The molecule has 3 nitrogen and oxygen atoms in total. The van der Waals surface area contributed by atoms with Crippen molar-refractivity contribution in [2.24, 2.45) is 0 Å². The van der Waals surface area contributed by atoms with Crippen LogP contribution in [0.25, 0.3) is 0 Å². The number of methoxy groups -OCH3 is 1. The molecule has 1 unspecified atom stereocenters. The Kier molecular flexibility index (Phi) is 3.58. The highest BCUT2D eigenvalue weighted by atomic mass is 19.1. The van der Waals surface area contributed by atoms with E-state index in [1.807, 2.05) is 0 Å². The van der Waals surface area contributed by atoms with Gasteiger partial charge in [-0.2, -0.15) is 0 Å². The summed E-state index contributed by atoms with van der Waals surface area (Å²) in [6.45, 7) is 1.78. The third-order valence-corrected chi connectivity index (χ3v) is 2.61. The standard InChI is InChI=1S/C14H14FNO2/c1-9-6-10(8-11(15)7-9)14(17)12-4-3-5-13(16-12)18-2/h3-8,14,17H,1-2H3. The van der Waals surface area contributed by atoms with Crippen molar-refractivity contribution in [3.63, 3.8) is 0 Å². The Morgan fingerprint density at radius 1 is 1.28 bits per heavy atom. The van der Waals surface area contributed by atoms with E-state index in [9.17, 15) is 9.50 Å². The molecule has 0 bridgehead atoms. The Labute approximate surface area is 105 Å². The number of hydrogen-bond donors (Lipinski definition) is 1. The molecule has 0 aliphatic carbocycles. The van der Waals surface area contributed by atoms with E-state index < -0.39 is 6.10 Å². The van der Waals surface area contributed by atoms with Gasteiger partial charge >= 0.3 is 0 Å². The van der Waals surface area contributed by atoms with Crippen molar-refractivity contribution in [1.82, 2.24) is 4.98 Å². The van der Waals surface area contributed by atoms with E-state index in [2.05, 4.69) is 4.98 Å². The van der Waals surface area contributed by atoms with Gasteiger partial charge in [-0.05, 0) is 36.2 Å². The molecule has 0 saturated heterocycles. The predicted molar refractivity (Wildman–Crippen MR) is 66.0 cm³/mol. The number of pyridine rings is 1. The van der Waals surface area contributed by atoms with Crippen LogP contribution < -0.4 is 4.74 Å². The fourth-order valence-corrected chi connectivity index (χ4v) is 1.79. The summed E-state index contributed by atoms with van der Waals surface area (Å²) in [6.07, 6.45) is -0.963. The monoisotopic (exact) mass is 247 g/mol. The average Bonchev–Trinajstić information content (AvgIpc) is 2.37. The lowest BCUT2D eigenvalue weighted by atomic mass is 10.0. The average molecular weight is 247 g/mol. The summed E-state index contributed by atoms with van der Waals surface area (Å²) >= 11 is 0. The Balaban J connectivity index is 2.37. The van der Waals surface area contributed by atoms with Crippen LogP contribution in [0, 0.1) is 12.7 Å². The van der Waals surface area contributed by atoms with Crippen molar-refractivity contribution >= 4 is 0 Å². The molecule has 18 heavy (non-hydrogen) atoms. The molecular weight excluding hydrogens is 233 g/mol. The summed E-state index contributed by atoms with van der Waals surface area (Å²) < 4.78 is 18.3. The van der Waals surface area contributed by atoms with Crippen LogP contribution in [0.2, 0.25) is 0 Å². The van der Waals surface area contributed by atoms with Crippen LogP contribution >= 0.6 is 0 Å². The first-order valence-corrected chi connectivity index (χ1v) is 5.56. The van der Waals surface area contributed by atoms with Crippen LogP contribution in [0.15, 0.2) is 36.4 Å². The van der Waals surface area contributed by atoms with Crippen LogP contribution in [-0.4, -0.2) is 17.2 Å². The largest absolute Gasteiger partial charge is 0.481 e. The topological polar surface area (TPSA) is 42.4 Å². The molecule has 1 atom stereocenters. The number of aliphatic hydroxyl groups excluding tert-OH is 1. The molecule has 1 aromatic heterocycles. The highest BCUT2D eigenvalue weighted by Gasteiger charge is 2.14. The number of halogens is 1. The molecule has 1 N–H and O–H groups in total. The highest BCUT2D eigenvalue weighted by molar-refractivity contribution is 5.31. The molecule has 1 aromatic carbocycles. The molecule has 0 amide bonds. The van der Waals surface area contributed by atoms with Gasteiger partial charge in [-0.15, -0.1) is 0 Å². The van der Waals surface area contributed by atoms with Crippen LogP contribution in [-0.2, 0) is 0 Å². The summed E-state index contributed by atoms with van der Waals surface area (Å²) in [5.74, 6) is 0.0478. The Morgan fingerprint density at radius 3 is 2.72 bits per heavy atom. The number of aryl methyl sites for hydroxylation is 1. The molecular formula is C14H14FNO2. The van der Waals surface area contributed by atoms with Gasteiger partial charge in [-0.1, -0.05) is 12.1 Å². The zero-order valence-electron chi connectivity index (χ0n) is 10.2. The van der Waals surface area contributed by atoms with E-state index in [-0.39, 0.29) is 5.82 Å². The molecule has 4 heteroatoms. The van der Waals surface area contributed by atoms with Crippen LogP contribution in [0.3, 0.4) is 0 Å². The molecule has 0 aliphatic rings. The fraction of sp³-hybridized carbons (Fsp3) is 0.214. The minimum atomic E-state index is -0.963. The second-order valence-corrected chi connectivity index (χ2v) is 4.07. The number of aliphatic hydroxyl groups is 1. The van der Waals surface area contributed by atoms with Gasteiger partial charge in [-0.25, -0.2) is 9.37 Å². The van der Waals surface area contributed by atoms with Gasteiger partial charge in [0.1, 0.15) is 11.9 Å². The van der Waals surface area contributed by atoms with Crippen molar-refractivity contribution in [1.29, 1.82) is 0 Å². The summed E-state index contributed by atoms with van der Waals surface area (Å²) in [7, 11) is 1.50. The van der Waals surface area contributed by atoms with Gasteiger partial charge in [0.25, 0.3) is 0 Å². The molecule has 1 heterocycles. The van der Waals surface area contributed by atoms with E-state index >= 15 is 0 Å². The highest BCUT2D eigenvalue weighted by Crippen LogP contribution is 2.23. The van der Waals surface area contributed by atoms with E-state index in [1.165, 1.54) is 19.2 Å². The first-order chi connectivity index (χ1) is 8.60. The zero-order chi connectivity index (χ0) is 13.1. The number of rotatable bonds is 3. The van der Waals surface area contributed by atoms with E-state index in [0.29, 0.717) is 17.1 Å². The molecule has 0 radical (unpaired) electrons. The molecule has 94 valence electrons. The first kappa shape index (κ1) is 12.5. The fourth-order valence-electron chi connectivity index (χ4n) is 1.79. The summed E-state index contributed by atoms with van der Waals surface area (Å²) in [6, 6.07) is 9.54. The maximum Gasteiger partial charge on any atom is 0.213 e. The van der Waals surface area contributed by atoms with Crippen LogP contribution in [0.4, 0.5) is 4.39 Å². The lowest BCUT2D eigenvalue weighted by Crippen LogP contribution is -2.04. The van der Waals surface area contributed by atoms with Gasteiger partial charge in [-0.3, -0.25) is 0 Å². The lowest BCUT2D eigenvalue weighted by molar-refractivity contribution is 0.213. The van der Waals surface area contributed by atoms with E-state index in [4.69, 9.17) is 4.74 Å². The zero-order valence-corrected chi connectivity index (χ0v) is 10.2. The van der Waals surface area contributed by atoms with Crippen LogP contribution in [0.5, 0.6) is 5.88 Å². The van der Waals surface area contributed by atoms with Crippen molar-refractivity contribution in [3.8, 4) is 5.88 Å². The van der Waals surface area contributed by atoms with Gasteiger partial charge in [0.05, 0.1) is 12.8 Å². The number of aromatic nitrogens is 1. The molecule has 2 aromatic rings. The molecule has 0 spiro atoms. The van der Waals surface area contributed by atoms with Gasteiger partial charge in [0.15, 0.2) is 0 Å². The molecule has 0 fully saturated rings. The van der Waals surface area contributed by atoms with Crippen LogP contribution in [0.1, 0.15) is 22.9 Å². The second kappa shape index (κ2) is 5.14. The molecule has 0 aliphatic heterocycles. The normalized spacial score (nSPS) is 12.2. The number of nitrogens with zero attached hydrogens (tertiary/aromatic N) is 1. The van der Waals surface area contributed by atoms with Crippen molar-refractivity contribution in [2.45, 2.75) is 13.0 Å². The van der Waals surface area contributed by atoms with E-state index in [1.54, 1.807) is 31.2 Å². The molecule has 0 saturated carbocycles. The van der Waals surface area contributed by atoms with Gasteiger partial charge < -0.3 is 9.84 Å². The van der Waals surface area contributed by atoms with Crippen molar-refractivity contribution in [3.05, 3.63) is 59.0 Å². The van der Waals surface area contributed by atoms with E-state index in [0.717, 1.165) is 5.56 Å².